The lowest BCUT2D eigenvalue weighted by atomic mass is 9.69. The van der Waals surface area contributed by atoms with Crippen LogP contribution in [0.4, 0.5) is 0 Å². The van der Waals surface area contributed by atoms with Crippen LogP contribution in [0, 0.1) is 17.3 Å². The fourth-order valence-corrected chi connectivity index (χ4v) is 3.17. The summed E-state index contributed by atoms with van der Waals surface area (Å²) in [7, 11) is 0. The van der Waals surface area contributed by atoms with Crippen LogP contribution in [0.3, 0.4) is 0 Å². The van der Waals surface area contributed by atoms with Crippen molar-refractivity contribution >= 4 is 5.91 Å². The summed E-state index contributed by atoms with van der Waals surface area (Å²) in [4.78, 5) is 12.2. The summed E-state index contributed by atoms with van der Waals surface area (Å²) in [5.41, 5.74) is 1.37. The Bertz CT molecular complexity index is 465. The van der Waals surface area contributed by atoms with E-state index in [2.05, 4.69) is 26.1 Å². The van der Waals surface area contributed by atoms with Crippen LogP contribution in [-0.4, -0.2) is 11.0 Å². The predicted octanol–water partition coefficient (Wildman–Crippen LogP) is 3.86. The Labute approximate surface area is 127 Å². The van der Waals surface area contributed by atoms with Gasteiger partial charge < -0.3 is 10.4 Å². The summed E-state index contributed by atoms with van der Waals surface area (Å²) in [5, 5.41) is 12.3. The molecule has 1 aromatic carbocycles. The molecular formula is C18H27NO2. The van der Waals surface area contributed by atoms with Gasteiger partial charge in [-0.05, 0) is 54.7 Å². The first-order valence-electron chi connectivity index (χ1n) is 7.92. The highest BCUT2D eigenvalue weighted by Crippen LogP contribution is 2.39. The number of aromatic hydroxyl groups is 1. The van der Waals surface area contributed by atoms with Crippen LogP contribution in [0.5, 0.6) is 5.75 Å². The lowest BCUT2D eigenvalue weighted by Crippen LogP contribution is -2.35. The van der Waals surface area contributed by atoms with Crippen molar-refractivity contribution in [1.29, 1.82) is 0 Å². The molecule has 1 saturated carbocycles. The number of carbonyl (C=O) groups excluding carboxylic acids is 1. The normalized spacial score (nSPS) is 22.8. The van der Waals surface area contributed by atoms with Crippen molar-refractivity contribution in [3.63, 3.8) is 0 Å². The van der Waals surface area contributed by atoms with Gasteiger partial charge in [0, 0.05) is 12.5 Å². The smallest absolute Gasteiger partial charge is 0.223 e. The molecule has 116 valence electrons. The molecular weight excluding hydrogens is 262 g/mol. The van der Waals surface area contributed by atoms with E-state index in [1.54, 1.807) is 12.1 Å². The van der Waals surface area contributed by atoms with Crippen molar-refractivity contribution in [2.75, 3.05) is 0 Å². The molecule has 3 nitrogen and oxygen atoms in total. The lowest BCUT2D eigenvalue weighted by molar-refractivity contribution is -0.126. The summed E-state index contributed by atoms with van der Waals surface area (Å²) >= 11 is 0. The average Bonchev–Trinajstić information content (AvgIpc) is 2.45. The van der Waals surface area contributed by atoms with Gasteiger partial charge >= 0.3 is 0 Å². The molecule has 1 aliphatic rings. The molecule has 0 saturated heterocycles. The van der Waals surface area contributed by atoms with Crippen molar-refractivity contribution in [3.05, 3.63) is 29.8 Å². The molecule has 2 rings (SSSR count). The van der Waals surface area contributed by atoms with Crippen molar-refractivity contribution < 1.29 is 9.90 Å². The number of carbonyl (C=O) groups is 1. The minimum atomic E-state index is 0.167. The molecule has 0 radical (unpaired) electrons. The number of phenolic OH excluding ortho intramolecular Hbond substituents is 1. The Morgan fingerprint density at radius 3 is 2.24 bits per heavy atom. The fraction of sp³-hybridized carbons (Fsp3) is 0.611. The Balaban J connectivity index is 1.78. The van der Waals surface area contributed by atoms with Crippen LogP contribution in [-0.2, 0) is 11.3 Å². The number of benzene rings is 1. The molecule has 2 N–H and O–H groups in total. The quantitative estimate of drug-likeness (QED) is 0.887. The van der Waals surface area contributed by atoms with E-state index in [4.69, 9.17) is 0 Å². The minimum absolute atomic E-state index is 0.167. The summed E-state index contributed by atoms with van der Waals surface area (Å²) in [5.74, 6) is 1.33. The van der Waals surface area contributed by atoms with E-state index in [-0.39, 0.29) is 17.6 Å². The largest absolute Gasteiger partial charge is 0.508 e. The van der Waals surface area contributed by atoms with Crippen LogP contribution in [0.15, 0.2) is 24.3 Å². The maximum Gasteiger partial charge on any atom is 0.223 e. The van der Waals surface area contributed by atoms with Gasteiger partial charge in [-0.25, -0.2) is 0 Å². The van der Waals surface area contributed by atoms with Crippen molar-refractivity contribution in [1.82, 2.24) is 5.32 Å². The number of hydrogen-bond donors (Lipinski definition) is 2. The first-order chi connectivity index (χ1) is 9.86. The van der Waals surface area contributed by atoms with Gasteiger partial charge in [-0.1, -0.05) is 32.9 Å². The van der Waals surface area contributed by atoms with Crippen molar-refractivity contribution in [2.24, 2.45) is 17.3 Å². The minimum Gasteiger partial charge on any atom is -0.508 e. The molecule has 0 unspecified atom stereocenters. The zero-order chi connectivity index (χ0) is 15.5. The van der Waals surface area contributed by atoms with Gasteiger partial charge in [0.15, 0.2) is 0 Å². The molecule has 0 bridgehead atoms. The third kappa shape index (κ3) is 4.48. The number of nitrogens with one attached hydrogen (secondary N) is 1. The lowest BCUT2D eigenvalue weighted by Gasteiger charge is -2.36. The highest BCUT2D eigenvalue weighted by molar-refractivity contribution is 5.78. The summed E-state index contributed by atoms with van der Waals surface area (Å²) < 4.78 is 0. The second kappa shape index (κ2) is 6.50. The molecule has 1 aliphatic carbocycles. The zero-order valence-electron chi connectivity index (χ0n) is 13.4. The van der Waals surface area contributed by atoms with Gasteiger partial charge in [0.05, 0.1) is 0 Å². The second-order valence-corrected chi connectivity index (χ2v) is 7.30. The molecule has 1 aromatic rings. The third-order valence-electron chi connectivity index (χ3n) is 4.73. The van der Waals surface area contributed by atoms with Gasteiger partial charge in [-0.3, -0.25) is 4.79 Å². The first kappa shape index (κ1) is 15.9. The van der Waals surface area contributed by atoms with E-state index in [0.717, 1.165) is 37.2 Å². The van der Waals surface area contributed by atoms with E-state index >= 15 is 0 Å². The molecule has 0 atom stereocenters. The van der Waals surface area contributed by atoms with Gasteiger partial charge in [-0.15, -0.1) is 0 Å². The maximum absolute atomic E-state index is 12.2. The summed E-state index contributed by atoms with van der Waals surface area (Å²) in [6.07, 6.45) is 4.31. The Kier molecular flexibility index (Phi) is 4.92. The highest BCUT2D eigenvalue weighted by atomic mass is 16.3. The molecule has 0 aromatic heterocycles. The van der Waals surface area contributed by atoms with Gasteiger partial charge in [-0.2, -0.15) is 0 Å². The maximum atomic E-state index is 12.2. The monoisotopic (exact) mass is 289 g/mol. The standard InChI is InChI=1S/C18H27NO2/c1-18(2,3)15-8-6-14(7-9-15)17(21)19-12-13-4-10-16(20)11-5-13/h4-5,10-11,14-15,20H,6-9,12H2,1-3H3,(H,19,21). The zero-order valence-corrected chi connectivity index (χ0v) is 13.4. The Morgan fingerprint density at radius 1 is 1.14 bits per heavy atom. The van der Waals surface area contributed by atoms with Crippen molar-refractivity contribution in [2.45, 2.75) is 53.0 Å². The molecule has 0 spiro atoms. The van der Waals surface area contributed by atoms with E-state index in [1.165, 1.54) is 0 Å². The number of rotatable bonds is 3. The summed E-state index contributed by atoms with van der Waals surface area (Å²) in [6.45, 7) is 7.42. The number of phenols is 1. The van der Waals surface area contributed by atoms with E-state index in [0.29, 0.717) is 12.0 Å². The Hall–Kier alpha value is -1.51. The van der Waals surface area contributed by atoms with Crippen molar-refractivity contribution in [3.8, 4) is 5.75 Å². The van der Waals surface area contributed by atoms with Gasteiger partial charge in [0.1, 0.15) is 5.75 Å². The van der Waals surface area contributed by atoms with Gasteiger partial charge in [0.25, 0.3) is 0 Å². The van der Waals surface area contributed by atoms with Crippen LogP contribution < -0.4 is 5.32 Å². The van der Waals surface area contributed by atoms with Crippen LogP contribution in [0.2, 0.25) is 0 Å². The van der Waals surface area contributed by atoms with E-state index in [1.807, 2.05) is 12.1 Å². The second-order valence-electron chi connectivity index (χ2n) is 7.30. The molecule has 0 aliphatic heterocycles. The topological polar surface area (TPSA) is 49.3 Å². The van der Waals surface area contributed by atoms with E-state index < -0.39 is 0 Å². The van der Waals surface area contributed by atoms with Crippen LogP contribution in [0.1, 0.15) is 52.0 Å². The Morgan fingerprint density at radius 2 is 1.71 bits per heavy atom. The van der Waals surface area contributed by atoms with Crippen LogP contribution >= 0.6 is 0 Å². The van der Waals surface area contributed by atoms with Gasteiger partial charge in [0.2, 0.25) is 5.91 Å². The van der Waals surface area contributed by atoms with Crippen LogP contribution in [0.25, 0.3) is 0 Å². The molecule has 1 fully saturated rings. The highest BCUT2D eigenvalue weighted by Gasteiger charge is 2.32. The number of hydrogen-bond acceptors (Lipinski definition) is 2. The average molecular weight is 289 g/mol. The molecule has 21 heavy (non-hydrogen) atoms. The van der Waals surface area contributed by atoms with E-state index in [9.17, 15) is 9.90 Å². The first-order valence-corrected chi connectivity index (χ1v) is 7.92. The predicted molar refractivity (Wildman–Crippen MR) is 84.9 cm³/mol. The molecule has 1 amide bonds. The third-order valence-corrected chi connectivity index (χ3v) is 4.73. The number of amides is 1. The molecule has 0 heterocycles. The molecule has 3 heteroatoms. The fourth-order valence-electron chi connectivity index (χ4n) is 3.17. The SMILES string of the molecule is CC(C)(C)C1CCC(C(=O)NCc2ccc(O)cc2)CC1. The summed E-state index contributed by atoms with van der Waals surface area (Å²) in [6, 6.07) is 6.98.